The molecule has 0 saturated carbocycles. The van der Waals surface area contributed by atoms with Crippen molar-refractivity contribution < 1.29 is 4.74 Å². The average Bonchev–Trinajstić information content (AvgIpc) is 2.42. The lowest BCUT2D eigenvalue weighted by Gasteiger charge is -2.09. The van der Waals surface area contributed by atoms with E-state index in [1.807, 2.05) is 19.1 Å². The van der Waals surface area contributed by atoms with E-state index in [9.17, 15) is 0 Å². The Hall–Kier alpha value is -2.98. The van der Waals surface area contributed by atoms with Crippen molar-refractivity contribution in [1.82, 2.24) is 0 Å². The fourth-order valence-electron chi connectivity index (χ4n) is 1.66. The number of rotatable bonds is 2. The summed E-state index contributed by atoms with van der Waals surface area (Å²) in [6.45, 7) is 1.90. The van der Waals surface area contributed by atoms with Gasteiger partial charge in [-0.15, -0.1) is 0 Å². The highest BCUT2D eigenvalue weighted by molar-refractivity contribution is 5.55. The van der Waals surface area contributed by atoms with Crippen LogP contribution in [0.4, 0.5) is 5.69 Å². The van der Waals surface area contributed by atoms with Crippen molar-refractivity contribution in [2.45, 2.75) is 6.92 Å². The Balaban J connectivity index is 2.43. The summed E-state index contributed by atoms with van der Waals surface area (Å²) < 4.78 is 5.63. The zero-order valence-electron chi connectivity index (χ0n) is 10.3. The first-order valence-corrected chi connectivity index (χ1v) is 5.62. The maximum atomic E-state index is 9.08. The van der Waals surface area contributed by atoms with E-state index < -0.39 is 0 Å². The predicted molar refractivity (Wildman–Crippen MR) is 71.5 cm³/mol. The van der Waals surface area contributed by atoms with E-state index in [1.165, 1.54) is 6.07 Å². The average molecular weight is 249 g/mol. The Labute approximate surface area is 111 Å². The second kappa shape index (κ2) is 5.12. The molecule has 4 heteroatoms. The Bertz CT molecular complexity index is 647. The number of nitriles is 2. The third kappa shape index (κ3) is 2.65. The third-order valence-corrected chi connectivity index (χ3v) is 2.60. The maximum Gasteiger partial charge on any atom is 0.145 e. The molecule has 0 aliphatic heterocycles. The molecule has 4 nitrogen and oxygen atoms in total. The molecule has 2 rings (SSSR count). The van der Waals surface area contributed by atoms with Crippen LogP contribution in [0.3, 0.4) is 0 Å². The van der Waals surface area contributed by atoms with Crippen LogP contribution in [0.15, 0.2) is 36.4 Å². The fraction of sp³-hybridized carbons (Fsp3) is 0.0667. The number of hydrogen-bond donors (Lipinski definition) is 1. The highest BCUT2D eigenvalue weighted by Crippen LogP contribution is 2.29. The van der Waals surface area contributed by atoms with Gasteiger partial charge in [-0.05, 0) is 42.8 Å². The Kier molecular flexibility index (Phi) is 3.36. The zero-order valence-corrected chi connectivity index (χ0v) is 10.3. The monoisotopic (exact) mass is 249 g/mol. The highest BCUT2D eigenvalue weighted by Gasteiger charge is 2.09. The van der Waals surface area contributed by atoms with Crippen LogP contribution in [0.2, 0.25) is 0 Å². The van der Waals surface area contributed by atoms with E-state index in [2.05, 4.69) is 6.07 Å². The number of benzene rings is 2. The number of ether oxygens (including phenoxy) is 1. The topological polar surface area (TPSA) is 82.8 Å². The molecule has 0 fully saturated rings. The van der Waals surface area contributed by atoms with Crippen molar-refractivity contribution in [2.24, 2.45) is 0 Å². The van der Waals surface area contributed by atoms with Gasteiger partial charge in [-0.1, -0.05) is 6.07 Å². The van der Waals surface area contributed by atoms with Crippen LogP contribution in [0.25, 0.3) is 0 Å². The van der Waals surface area contributed by atoms with Crippen molar-refractivity contribution in [2.75, 3.05) is 5.73 Å². The van der Waals surface area contributed by atoms with E-state index in [-0.39, 0.29) is 0 Å². The SMILES string of the molecule is Cc1ccc(Oc2ccc(N)cc2C#N)c(C#N)c1. The van der Waals surface area contributed by atoms with Gasteiger partial charge in [0.05, 0.1) is 11.1 Å². The van der Waals surface area contributed by atoms with Crippen LogP contribution < -0.4 is 10.5 Å². The number of hydrogen-bond acceptors (Lipinski definition) is 4. The van der Waals surface area contributed by atoms with Crippen LogP contribution in [-0.4, -0.2) is 0 Å². The smallest absolute Gasteiger partial charge is 0.145 e. The molecule has 2 N–H and O–H groups in total. The molecule has 0 bridgehead atoms. The largest absolute Gasteiger partial charge is 0.455 e. The molecule has 0 aromatic heterocycles. The molecule has 0 heterocycles. The Morgan fingerprint density at radius 2 is 1.53 bits per heavy atom. The molecule has 0 atom stereocenters. The molecule has 0 aliphatic carbocycles. The van der Waals surface area contributed by atoms with Gasteiger partial charge in [0.2, 0.25) is 0 Å². The molecular weight excluding hydrogens is 238 g/mol. The van der Waals surface area contributed by atoms with Crippen LogP contribution in [-0.2, 0) is 0 Å². The molecule has 2 aromatic rings. The highest BCUT2D eigenvalue weighted by atomic mass is 16.5. The van der Waals surface area contributed by atoms with Crippen LogP contribution >= 0.6 is 0 Å². The quantitative estimate of drug-likeness (QED) is 0.829. The zero-order chi connectivity index (χ0) is 13.8. The van der Waals surface area contributed by atoms with Crippen LogP contribution in [0.1, 0.15) is 16.7 Å². The molecule has 19 heavy (non-hydrogen) atoms. The van der Waals surface area contributed by atoms with Gasteiger partial charge in [-0.2, -0.15) is 10.5 Å². The van der Waals surface area contributed by atoms with Gasteiger partial charge in [-0.25, -0.2) is 0 Å². The minimum absolute atomic E-state index is 0.337. The third-order valence-electron chi connectivity index (χ3n) is 2.60. The summed E-state index contributed by atoms with van der Waals surface area (Å²) >= 11 is 0. The number of nitrogens with zero attached hydrogens (tertiary/aromatic N) is 2. The van der Waals surface area contributed by atoms with Gasteiger partial charge in [-0.3, -0.25) is 0 Å². The molecule has 0 unspecified atom stereocenters. The Morgan fingerprint density at radius 3 is 2.16 bits per heavy atom. The van der Waals surface area contributed by atoms with Gasteiger partial charge >= 0.3 is 0 Å². The lowest BCUT2D eigenvalue weighted by atomic mass is 10.1. The number of aryl methyl sites for hydroxylation is 1. The molecule has 0 radical (unpaired) electrons. The predicted octanol–water partition coefficient (Wildman–Crippen LogP) is 3.11. The number of nitrogens with two attached hydrogens (primary N) is 1. The van der Waals surface area contributed by atoms with Gasteiger partial charge in [0.15, 0.2) is 0 Å². The molecule has 0 spiro atoms. The number of anilines is 1. The standard InChI is InChI=1S/C15H11N3O/c1-10-2-4-14(11(6-10)8-16)19-15-5-3-13(18)7-12(15)9-17/h2-7H,18H2,1H3. The first-order chi connectivity index (χ1) is 9.13. The van der Waals surface area contributed by atoms with E-state index >= 15 is 0 Å². The minimum atomic E-state index is 0.337. The van der Waals surface area contributed by atoms with E-state index in [1.54, 1.807) is 24.3 Å². The normalized spacial score (nSPS) is 9.42. The summed E-state index contributed by atoms with van der Waals surface area (Å²) in [5, 5.41) is 18.1. The molecule has 0 amide bonds. The van der Waals surface area contributed by atoms with Crippen LogP contribution in [0, 0.1) is 29.6 Å². The van der Waals surface area contributed by atoms with Crippen LogP contribution in [0.5, 0.6) is 11.5 Å². The fourth-order valence-corrected chi connectivity index (χ4v) is 1.66. The molecule has 92 valence electrons. The second-order valence-corrected chi connectivity index (χ2v) is 4.08. The minimum Gasteiger partial charge on any atom is -0.455 e. The molecular formula is C15H11N3O. The maximum absolute atomic E-state index is 9.08. The van der Waals surface area contributed by atoms with E-state index in [0.717, 1.165) is 5.56 Å². The molecule has 0 saturated heterocycles. The van der Waals surface area contributed by atoms with Crippen molar-refractivity contribution in [3.05, 3.63) is 53.1 Å². The van der Waals surface area contributed by atoms with Gasteiger partial charge in [0, 0.05) is 5.69 Å². The summed E-state index contributed by atoms with van der Waals surface area (Å²) in [6, 6.07) is 14.2. The first-order valence-electron chi connectivity index (χ1n) is 5.62. The van der Waals surface area contributed by atoms with Crippen molar-refractivity contribution in [1.29, 1.82) is 10.5 Å². The van der Waals surface area contributed by atoms with Crippen molar-refractivity contribution >= 4 is 5.69 Å². The lowest BCUT2D eigenvalue weighted by Crippen LogP contribution is -1.93. The summed E-state index contributed by atoms with van der Waals surface area (Å²) in [7, 11) is 0. The summed E-state index contributed by atoms with van der Waals surface area (Å²) in [5.41, 5.74) is 7.85. The van der Waals surface area contributed by atoms with Crippen molar-refractivity contribution in [3.63, 3.8) is 0 Å². The summed E-state index contributed by atoms with van der Waals surface area (Å²) in [5.74, 6) is 0.812. The Morgan fingerprint density at radius 1 is 0.947 bits per heavy atom. The van der Waals surface area contributed by atoms with Gasteiger partial charge < -0.3 is 10.5 Å². The van der Waals surface area contributed by atoms with E-state index in [0.29, 0.717) is 28.3 Å². The van der Waals surface area contributed by atoms with Crippen molar-refractivity contribution in [3.8, 4) is 23.6 Å². The van der Waals surface area contributed by atoms with Gasteiger partial charge in [0.25, 0.3) is 0 Å². The molecule has 2 aromatic carbocycles. The lowest BCUT2D eigenvalue weighted by molar-refractivity contribution is 0.479. The molecule has 0 aliphatic rings. The van der Waals surface area contributed by atoms with E-state index in [4.69, 9.17) is 21.0 Å². The second-order valence-electron chi connectivity index (χ2n) is 4.08. The summed E-state index contributed by atoms with van der Waals surface area (Å²) in [6.07, 6.45) is 0. The first kappa shape index (κ1) is 12.5. The van der Waals surface area contributed by atoms with Gasteiger partial charge in [0.1, 0.15) is 23.6 Å². The number of nitrogen functional groups attached to an aromatic ring is 1. The summed E-state index contributed by atoms with van der Waals surface area (Å²) in [4.78, 5) is 0.